The summed E-state index contributed by atoms with van der Waals surface area (Å²) >= 11 is 1.41. The Labute approximate surface area is 81.1 Å². The van der Waals surface area contributed by atoms with Gasteiger partial charge in [-0.2, -0.15) is 0 Å². The molecule has 0 radical (unpaired) electrons. The van der Waals surface area contributed by atoms with Gasteiger partial charge in [-0.05, 0) is 12.1 Å². The van der Waals surface area contributed by atoms with Gasteiger partial charge in [-0.3, -0.25) is 4.79 Å². The van der Waals surface area contributed by atoms with Crippen LogP contribution in [0.5, 0.6) is 0 Å². The van der Waals surface area contributed by atoms with Gasteiger partial charge < -0.3 is 9.52 Å². The average Bonchev–Trinajstić information content (AvgIpc) is 2.52. The number of aliphatic hydroxyl groups excluding tert-OH is 1. The molecule has 0 fully saturated rings. The number of Topliss-reactive ketones (excluding diaryl/α,β-unsaturated/α-hetero) is 1. The Hall–Kier alpha value is -0.740. The fourth-order valence-electron chi connectivity index (χ4n) is 0.808. The molecule has 1 unspecified atom stereocenters. The number of hydrogen-bond donors (Lipinski definition) is 1. The van der Waals surface area contributed by atoms with Crippen molar-refractivity contribution in [2.75, 3.05) is 6.61 Å². The molecule has 0 spiro atoms. The zero-order chi connectivity index (χ0) is 9.84. The summed E-state index contributed by atoms with van der Waals surface area (Å²) in [5, 5.41) is 9.54. The normalized spacial score (nSPS) is 12.8. The number of carbonyl (C=O) groups is 1. The van der Waals surface area contributed by atoms with Crippen LogP contribution in [0.3, 0.4) is 0 Å². The van der Waals surface area contributed by atoms with Crippen LogP contribution in [0, 0.1) is 0 Å². The molecule has 0 saturated carbocycles. The quantitative estimate of drug-likeness (QED) is 0.596. The summed E-state index contributed by atoms with van der Waals surface area (Å²) in [6.07, 6.45) is 0. The van der Waals surface area contributed by atoms with Crippen LogP contribution >= 0.6 is 11.8 Å². The predicted octanol–water partition coefficient (Wildman–Crippen LogP) is 1.96. The van der Waals surface area contributed by atoms with E-state index in [9.17, 15) is 4.79 Å². The minimum Gasteiger partial charge on any atom is -0.447 e. The largest absolute Gasteiger partial charge is 0.447 e. The van der Waals surface area contributed by atoms with Gasteiger partial charge in [0.1, 0.15) is 0 Å². The maximum absolute atomic E-state index is 10.9. The number of hydrogen-bond acceptors (Lipinski definition) is 4. The monoisotopic (exact) mass is 200 g/mol. The van der Waals surface area contributed by atoms with Crippen molar-refractivity contribution in [1.29, 1.82) is 0 Å². The van der Waals surface area contributed by atoms with E-state index in [1.54, 1.807) is 12.1 Å². The van der Waals surface area contributed by atoms with Crippen molar-refractivity contribution in [2.24, 2.45) is 0 Å². The third-order valence-corrected chi connectivity index (χ3v) is 2.51. The molecule has 1 atom stereocenters. The molecule has 3 nitrogen and oxygen atoms in total. The maximum atomic E-state index is 10.9. The highest BCUT2D eigenvalue weighted by atomic mass is 32.2. The molecule has 1 heterocycles. The van der Waals surface area contributed by atoms with Gasteiger partial charge in [0, 0.05) is 12.2 Å². The minimum absolute atomic E-state index is 0.0801. The predicted molar refractivity (Wildman–Crippen MR) is 51.1 cm³/mol. The van der Waals surface area contributed by atoms with Crippen LogP contribution in [0.2, 0.25) is 0 Å². The third-order valence-electron chi connectivity index (χ3n) is 1.50. The van der Waals surface area contributed by atoms with Crippen molar-refractivity contribution in [3.05, 3.63) is 17.9 Å². The van der Waals surface area contributed by atoms with Gasteiger partial charge >= 0.3 is 0 Å². The van der Waals surface area contributed by atoms with Crippen LogP contribution in [0.1, 0.15) is 24.4 Å². The van der Waals surface area contributed by atoms with E-state index in [0.717, 1.165) is 0 Å². The van der Waals surface area contributed by atoms with Crippen molar-refractivity contribution in [2.45, 2.75) is 24.2 Å². The fraction of sp³-hybridized carbons (Fsp3) is 0.444. The number of rotatable bonds is 4. The summed E-state index contributed by atoms with van der Waals surface area (Å²) in [6.45, 7) is 3.45. The van der Waals surface area contributed by atoms with Crippen LogP contribution in [0.25, 0.3) is 0 Å². The molecule has 1 rings (SSSR count). The average molecular weight is 200 g/mol. The molecule has 1 aromatic heterocycles. The highest BCUT2D eigenvalue weighted by Gasteiger charge is 2.09. The molecule has 13 heavy (non-hydrogen) atoms. The van der Waals surface area contributed by atoms with Crippen LogP contribution < -0.4 is 0 Å². The number of furan rings is 1. The van der Waals surface area contributed by atoms with Gasteiger partial charge in [-0.1, -0.05) is 18.7 Å². The first kappa shape index (κ1) is 10.3. The Kier molecular flexibility index (Phi) is 3.57. The van der Waals surface area contributed by atoms with E-state index < -0.39 is 0 Å². The molecule has 72 valence electrons. The zero-order valence-corrected chi connectivity index (χ0v) is 8.43. The van der Waals surface area contributed by atoms with E-state index in [1.165, 1.54) is 18.7 Å². The molecule has 4 heteroatoms. The van der Waals surface area contributed by atoms with Gasteiger partial charge in [0.05, 0.1) is 6.61 Å². The van der Waals surface area contributed by atoms with Crippen molar-refractivity contribution in [1.82, 2.24) is 0 Å². The molecule has 0 saturated heterocycles. The van der Waals surface area contributed by atoms with Gasteiger partial charge in [0.25, 0.3) is 0 Å². The van der Waals surface area contributed by atoms with Gasteiger partial charge in [-0.25, -0.2) is 0 Å². The summed E-state index contributed by atoms with van der Waals surface area (Å²) in [5.41, 5.74) is 0. The first-order chi connectivity index (χ1) is 6.13. The number of ketones is 1. The van der Waals surface area contributed by atoms with E-state index in [0.29, 0.717) is 10.9 Å². The SMILES string of the molecule is CC(=O)c1ccc(SC(C)CO)o1. The van der Waals surface area contributed by atoms with Crippen LogP contribution in [-0.4, -0.2) is 22.7 Å². The topological polar surface area (TPSA) is 50.4 Å². The Bertz CT molecular complexity index is 293. The molecule has 0 aliphatic heterocycles. The molecule has 0 bridgehead atoms. The highest BCUT2D eigenvalue weighted by molar-refractivity contribution is 7.99. The molecule has 0 aliphatic rings. The molecule has 0 amide bonds. The smallest absolute Gasteiger partial charge is 0.194 e. The first-order valence-corrected chi connectivity index (χ1v) is 4.89. The number of carbonyl (C=O) groups excluding carboxylic acids is 1. The molecular weight excluding hydrogens is 188 g/mol. The lowest BCUT2D eigenvalue weighted by Crippen LogP contribution is -2.00. The lowest BCUT2D eigenvalue weighted by molar-refractivity contribution is 0.0982. The Balaban J connectivity index is 2.64. The Morgan fingerprint density at radius 1 is 1.69 bits per heavy atom. The lowest BCUT2D eigenvalue weighted by atomic mass is 10.3. The van der Waals surface area contributed by atoms with E-state index in [4.69, 9.17) is 9.52 Å². The van der Waals surface area contributed by atoms with E-state index >= 15 is 0 Å². The van der Waals surface area contributed by atoms with Crippen LogP contribution in [0.15, 0.2) is 21.6 Å². The van der Waals surface area contributed by atoms with Gasteiger partial charge in [0.2, 0.25) is 0 Å². The lowest BCUT2D eigenvalue weighted by Gasteiger charge is -2.02. The first-order valence-electron chi connectivity index (χ1n) is 4.01. The summed E-state index contributed by atoms with van der Waals surface area (Å²) in [4.78, 5) is 10.9. The maximum Gasteiger partial charge on any atom is 0.194 e. The molecule has 1 N–H and O–H groups in total. The third kappa shape index (κ3) is 2.90. The number of thioether (sulfide) groups is 1. The summed E-state index contributed by atoms with van der Waals surface area (Å²) in [5.74, 6) is 0.288. The minimum atomic E-state index is -0.0801. The summed E-state index contributed by atoms with van der Waals surface area (Å²) in [7, 11) is 0. The summed E-state index contributed by atoms with van der Waals surface area (Å²) in [6, 6.07) is 3.39. The standard InChI is InChI=1S/C9H12O3S/c1-6(5-10)13-9-4-3-8(12-9)7(2)11/h3-4,6,10H,5H2,1-2H3. The van der Waals surface area contributed by atoms with Crippen molar-refractivity contribution < 1.29 is 14.3 Å². The molecule has 0 aromatic carbocycles. The van der Waals surface area contributed by atoms with Crippen molar-refractivity contribution in [3.8, 4) is 0 Å². The van der Waals surface area contributed by atoms with Gasteiger partial charge in [0.15, 0.2) is 16.6 Å². The Morgan fingerprint density at radius 2 is 2.38 bits per heavy atom. The van der Waals surface area contributed by atoms with Crippen molar-refractivity contribution >= 4 is 17.5 Å². The second-order valence-electron chi connectivity index (χ2n) is 2.79. The summed E-state index contributed by atoms with van der Waals surface area (Å²) < 4.78 is 5.22. The Morgan fingerprint density at radius 3 is 2.85 bits per heavy atom. The second kappa shape index (κ2) is 4.48. The van der Waals surface area contributed by atoms with E-state index in [1.807, 2.05) is 6.92 Å². The molecular formula is C9H12O3S. The molecule has 0 aliphatic carbocycles. The zero-order valence-electron chi connectivity index (χ0n) is 7.61. The van der Waals surface area contributed by atoms with E-state index in [2.05, 4.69) is 0 Å². The highest BCUT2D eigenvalue weighted by Crippen LogP contribution is 2.25. The van der Waals surface area contributed by atoms with Crippen LogP contribution in [0.4, 0.5) is 0 Å². The molecule has 1 aromatic rings. The second-order valence-corrected chi connectivity index (χ2v) is 4.23. The fourth-order valence-corrected chi connectivity index (χ4v) is 1.56. The van der Waals surface area contributed by atoms with Crippen LogP contribution in [-0.2, 0) is 0 Å². The van der Waals surface area contributed by atoms with Crippen molar-refractivity contribution in [3.63, 3.8) is 0 Å². The van der Waals surface area contributed by atoms with E-state index in [-0.39, 0.29) is 17.6 Å². The number of aliphatic hydroxyl groups is 1. The van der Waals surface area contributed by atoms with Gasteiger partial charge in [-0.15, -0.1) is 0 Å².